The highest BCUT2D eigenvalue weighted by Gasteiger charge is 2.14. The van der Waals surface area contributed by atoms with E-state index in [2.05, 4.69) is 24.4 Å². The molecule has 0 aromatic carbocycles. The number of hydrogen-bond acceptors (Lipinski definition) is 4. The van der Waals surface area contributed by atoms with E-state index >= 15 is 0 Å². The van der Waals surface area contributed by atoms with Gasteiger partial charge in [-0.15, -0.1) is 11.3 Å². The summed E-state index contributed by atoms with van der Waals surface area (Å²) in [7, 11) is -2.91. The molecule has 1 aromatic rings. The third-order valence-corrected chi connectivity index (χ3v) is 6.09. The first kappa shape index (κ1) is 14.7. The Kier molecular flexibility index (Phi) is 5.62. The molecule has 0 bridgehead atoms. The minimum Gasteiger partial charge on any atom is -0.311 e. The standard InChI is InChI=1S/C12H21NO2S2/c1-4-11-5-6-12(16-11)9-13-7-8-17(14,15)10(2)3/h5-6,10,13H,4,7-9H2,1-3H3. The molecule has 0 saturated carbocycles. The Morgan fingerprint density at radius 3 is 2.47 bits per heavy atom. The van der Waals surface area contributed by atoms with Crippen molar-refractivity contribution in [3.63, 3.8) is 0 Å². The molecule has 1 N–H and O–H groups in total. The van der Waals surface area contributed by atoms with Crippen molar-refractivity contribution in [2.24, 2.45) is 0 Å². The van der Waals surface area contributed by atoms with Crippen LogP contribution in [0.15, 0.2) is 12.1 Å². The molecule has 0 amide bonds. The Morgan fingerprint density at radius 2 is 1.94 bits per heavy atom. The molecule has 0 aliphatic carbocycles. The molecule has 0 saturated heterocycles. The molecular weight excluding hydrogens is 254 g/mol. The molecule has 0 atom stereocenters. The maximum atomic E-state index is 11.6. The summed E-state index contributed by atoms with van der Waals surface area (Å²) in [6.07, 6.45) is 1.06. The van der Waals surface area contributed by atoms with E-state index in [4.69, 9.17) is 0 Å². The molecule has 1 heterocycles. The number of thiophene rings is 1. The van der Waals surface area contributed by atoms with E-state index in [1.807, 2.05) is 0 Å². The Labute approximate surface area is 108 Å². The fraction of sp³-hybridized carbons (Fsp3) is 0.667. The zero-order chi connectivity index (χ0) is 12.9. The molecule has 5 heteroatoms. The Hall–Kier alpha value is -0.390. The summed E-state index contributed by atoms with van der Waals surface area (Å²) in [4.78, 5) is 2.64. The van der Waals surface area contributed by atoms with Crippen LogP contribution in [-0.4, -0.2) is 26.0 Å². The van der Waals surface area contributed by atoms with Gasteiger partial charge in [0.25, 0.3) is 0 Å². The molecule has 0 unspecified atom stereocenters. The van der Waals surface area contributed by atoms with Crippen molar-refractivity contribution in [1.82, 2.24) is 5.32 Å². The van der Waals surface area contributed by atoms with Crippen LogP contribution in [0.5, 0.6) is 0 Å². The van der Waals surface area contributed by atoms with Gasteiger partial charge in [-0.25, -0.2) is 8.42 Å². The number of hydrogen-bond donors (Lipinski definition) is 1. The Morgan fingerprint density at radius 1 is 1.29 bits per heavy atom. The first-order valence-corrected chi connectivity index (χ1v) is 8.48. The summed E-state index contributed by atoms with van der Waals surface area (Å²) in [6, 6.07) is 4.24. The van der Waals surface area contributed by atoms with Crippen LogP contribution in [0.4, 0.5) is 0 Å². The zero-order valence-corrected chi connectivity index (χ0v) is 12.3. The molecule has 1 rings (SSSR count). The first-order chi connectivity index (χ1) is 7.95. The van der Waals surface area contributed by atoms with Crippen LogP contribution in [-0.2, 0) is 22.8 Å². The van der Waals surface area contributed by atoms with Crippen LogP contribution in [0.1, 0.15) is 30.5 Å². The second kappa shape index (κ2) is 6.52. The summed E-state index contributed by atoms with van der Waals surface area (Å²) in [5, 5.41) is 2.90. The normalized spacial score (nSPS) is 12.2. The predicted octanol–water partition coefficient (Wildman–Crippen LogP) is 2.22. The predicted molar refractivity (Wildman–Crippen MR) is 74.3 cm³/mol. The number of aryl methyl sites for hydroxylation is 1. The van der Waals surface area contributed by atoms with Crippen LogP contribution < -0.4 is 5.32 Å². The van der Waals surface area contributed by atoms with Crippen molar-refractivity contribution < 1.29 is 8.42 Å². The number of rotatable bonds is 7. The second-order valence-corrected chi connectivity index (χ2v) is 8.24. The van der Waals surface area contributed by atoms with E-state index in [9.17, 15) is 8.42 Å². The van der Waals surface area contributed by atoms with Crippen molar-refractivity contribution in [3.05, 3.63) is 21.9 Å². The lowest BCUT2D eigenvalue weighted by atomic mass is 10.3. The molecule has 0 spiro atoms. The van der Waals surface area contributed by atoms with E-state index in [0.717, 1.165) is 13.0 Å². The van der Waals surface area contributed by atoms with Crippen LogP contribution in [0.3, 0.4) is 0 Å². The molecule has 98 valence electrons. The van der Waals surface area contributed by atoms with Gasteiger partial charge in [-0.05, 0) is 32.4 Å². The SMILES string of the molecule is CCc1ccc(CNCCS(=O)(=O)C(C)C)s1. The van der Waals surface area contributed by atoms with Crippen LogP contribution in [0, 0.1) is 0 Å². The van der Waals surface area contributed by atoms with Gasteiger partial charge in [0, 0.05) is 22.8 Å². The van der Waals surface area contributed by atoms with Crippen molar-refractivity contribution in [2.45, 2.75) is 39.0 Å². The van der Waals surface area contributed by atoms with E-state index in [1.165, 1.54) is 9.75 Å². The smallest absolute Gasteiger partial charge is 0.153 e. The molecule has 0 radical (unpaired) electrons. The lowest BCUT2D eigenvalue weighted by Gasteiger charge is -2.07. The lowest BCUT2D eigenvalue weighted by molar-refractivity contribution is 0.582. The topological polar surface area (TPSA) is 46.2 Å². The molecule has 3 nitrogen and oxygen atoms in total. The highest BCUT2D eigenvalue weighted by molar-refractivity contribution is 7.92. The van der Waals surface area contributed by atoms with Crippen LogP contribution >= 0.6 is 11.3 Å². The highest BCUT2D eigenvalue weighted by Crippen LogP contribution is 2.16. The minimum atomic E-state index is -2.91. The summed E-state index contributed by atoms with van der Waals surface area (Å²) >= 11 is 1.79. The second-order valence-electron chi connectivity index (χ2n) is 4.31. The largest absolute Gasteiger partial charge is 0.311 e. The number of sulfone groups is 1. The van der Waals surface area contributed by atoms with Gasteiger partial charge >= 0.3 is 0 Å². The van der Waals surface area contributed by atoms with Crippen molar-refractivity contribution in [1.29, 1.82) is 0 Å². The quantitative estimate of drug-likeness (QED) is 0.776. The third kappa shape index (κ3) is 4.77. The highest BCUT2D eigenvalue weighted by atomic mass is 32.2. The maximum absolute atomic E-state index is 11.6. The lowest BCUT2D eigenvalue weighted by Crippen LogP contribution is -2.26. The van der Waals surface area contributed by atoms with Gasteiger partial charge < -0.3 is 5.32 Å². The molecule has 1 aromatic heterocycles. The van der Waals surface area contributed by atoms with Gasteiger partial charge in [-0.1, -0.05) is 6.92 Å². The van der Waals surface area contributed by atoms with Crippen LogP contribution in [0.25, 0.3) is 0 Å². The first-order valence-electron chi connectivity index (χ1n) is 5.95. The summed E-state index contributed by atoms with van der Waals surface area (Å²) in [6.45, 7) is 6.88. The molecule has 17 heavy (non-hydrogen) atoms. The maximum Gasteiger partial charge on any atom is 0.153 e. The molecule has 0 aliphatic heterocycles. The Balaban J connectivity index is 2.29. The average Bonchev–Trinajstić information content (AvgIpc) is 2.72. The van der Waals surface area contributed by atoms with Gasteiger partial charge in [0.2, 0.25) is 0 Å². The van der Waals surface area contributed by atoms with E-state index in [-0.39, 0.29) is 11.0 Å². The zero-order valence-electron chi connectivity index (χ0n) is 10.7. The van der Waals surface area contributed by atoms with Gasteiger partial charge in [0.1, 0.15) is 0 Å². The van der Waals surface area contributed by atoms with Crippen LogP contribution in [0.2, 0.25) is 0 Å². The monoisotopic (exact) mass is 275 g/mol. The van der Waals surface area contributed by atoms with Crippen molar-refractivity contribution in [3.8, 4) is 0 Å². The van der Waals surface area contributed by atoms with Gasteiger partial charge in [-0.3, -0.25) is 0 Å². The van der Waals surface area contributed by atoms with Gasteiger partial charge in [0.05, 0.1) is 11.0 Å². The van der Waals surface area contributed by atoms with E-state index in [0.29, 0.717) is 6.54 Å². The fourth-order valence-electron chi connectivity index (χ4n) is 1.37. The summed E-state index contributed by atoms with van der Waals surface area (Å²) in [5.41, 5.74) is 0. The average molecular weight is 275 g/mol. The third-order valence-electron chi connectivity index (χ3n) is 2.65. The van der Waals surface area contributed by atoms with E-state index < -0.39 is 9.84 Å². The van der Waals surface area contributed by atoms with Gasteiger partial charge in [0.15, 0.2) is 9.84 Å². The molecular formula is C12H21NO2S2. The number of nitrogens with one attached hydrogen (secondary N) is 1. The van der Waals surface area contributed by atoms with Crippen molar-refractivity contribution in [2.75, 3.05) is 12.3 Å². The Bertz CT molecular complexity index is 435. The summed E-state index contributed by atoms with van der Waals surface area (Å²) in [5.74, 6) is 0.219. The molecule has 0 aliphatic rings. The van der Waals surface area contributed by atoms with Gasteiger partial charge in [-0.2, -0.15) is 0 Å². The van der Waals surface area contributed by atoms with Crippen molar-refractivity contribution >= 4 is 21.2 Å². The summed E-state index contributed by atoms with van der Waals surface area (Å²) < 4.78 is 23.1. The molecule has 0 fully saturated rings. The minimum absolute atomic E-state index is 0.219. The fourth-order valence-corrected chi connectivity index (χ4v) is 3.20. The van der Waals surface area contributed by atoms with E-state index in [1.54, 1.807) is 25.2 Å².